The van der Waals surface area contributed by atoms with Crippen molar-refractivity contribution in [2.75, 3.05) is 6.54 Å². The monoisotopic (exact) mass is 236 g/mol. The third-order valence-electron chi connectivity index (χ3n) is 2.88. The highest BCUT2D eigenvalue weighted by Gasteiger charge is 2.29. The summed E-state index contributed by atoms with van der Waals surface area (Å²) in [5, 5.41) is 0.639. The number of aromatic nitrogens is 1. The molecule has 1 aromatic carbocycles. The average Bonchev–Trinajstić information content (AvgIpc) is 3.00. The highest BCUT2D eigenvalue weighted by atomic mass is 35.5. The minimum absolute atomic E-state index is 0.515. The summed E-state index contributed by atoms with van der Waals surface area (Å²) in [4.78, 5) is 4.49. The second kappa shape index (κ2) is 3.75. The van der Waals surface area contributed by atoms with Crippen molar-refractivity contribution < 1.29 is 4.42 Å². The SMILES string of the molecule is NCCc1cc(Cl)c2oc(C3CC3)nc2c1. The van der Waals surface area contributed by atoms with E-state index in [1.807, 2.05) is 12.1 Å². The molecule has 0 unspecified atom stereocenters. The summed E-state index contributed by atoms with van der Waals surface area (Å²) in [5.74, 6) is 1.35. The summed E-state index contributed by atoms with van der Waals surface area (Å²) in [7, 11) is 0. The standard InChI is InChI=1S/C12H13ClN2O/c13-9-5-7(3-4-14)6-10-11(9)16-12(15-10)8-1-2-8/h5-6,8H,1-4,14H2. The van der Waals surface area contributed by atoms with Crippen molar-refractivity contribution in [1.29, 1.82) is 0 Å². The fourth-order valence-corrected chi connectivity index (χ4v) is 2.16. The zero-order valence-electron chi connectivity index (χ0n) is 8.87. The molecule has 4 heteroatoms. The molecule has 2 N–H and O–H groups in total. The molecular formula is C12H13ClN2O. The van der Waals surface area contributed by atoms with Gasteiger partial charge in [0.1, 0.15) is 5.52 Å². The van der Waals surface area contributed by atoms with Gasteiger partial charge in [-0.3, -0.25) is 0 Å². The third kappa shape index (κ3) is 1.70. The maximum Gasteiger partial charge on any atom is 0.198 e. The Kier molecular flexibility index (Phi) is 2.37. The predicted octanol–water partition coefficient (Wildman–Crippen LogP) is 2.86. The molecule has 3 rings (SSSR count). The molecular weight excluding hydrogens is 224 g/mol. The van der Waals surface area contributed by atoms with Crippen LogP contribution in [-0.4, -0.2) is 11.5 Å². The molecule has 84 valence electrons. The van der Waals surface area contributed by atoms with E-state index in [1.165, 1.54) is 12.8 Å². The van der Waals surface area contributed by atoms with Gasteiger partial charge in [-0.15, -0.1) is 0 Å². The van der Waals surface area contributed by atoms with Gasteiger partial charge >= 0.3 is 0 Å². The quantitative estimate of drug-likeness (QED) is 0.892. The van der Waals surface area contributed by atoms with E-state index in [2.05, 4.69) is 4.98 Å². The Morgan fingerprint density at radius 1 is 1.44 bits per heavy atom. The zero-order chi connectivity index (χ0) is 11.1. The highest BCUT2D eigenvalue weighted by Crippen LogP contribution is 2.41. The molecule has 1 aliphatic rings. The first-order valence-electron chi connectivity index (χ1n) is 5.57. The molecule has 0 aliphatic heterocycles. The molecule has 0 spiro atoms. The van der Waals surface area contributed by atoms with Gasteiger partial charge in [0, 0.05) is 5.92 Å². The molecule has 2 aromatic rings. The average molecular weight is 237 g/mol. The van der Waals surface area contributed by atoms with Crippen LogP contribution >= 0.6 is 11.6 Å². The van der Waals surface area contributed by atoms with Crippen molar-refractivity contribution in [2.45, 2.75) is 25.2 Å². The van der Waals surface area contributed by atoms with Crippen LogP contribution in [0.2, 0.25) is 5.02 Å². The highest BCUT2D eigenvalue weighted by molar-refractivity contribution is 6.34. The number of oxazole rings is 1. The predicted molar refractivity (Wildman–Crippen MR) is 63.8 cm³/mol. The molecule has 1 aromatic heterocycles. The molecule has 16 heavy (non-hydrogen) atoms. The number of hydrogen-bond donors (Lipinski definition) is 1. The zero-order valence-corrected chi connectivity index (χ0v) is 9.63. The first-order chi connectivity index (χ1) is 7.78. The Hall–Kier alpha value is -1.06. The van der Waals surface area contributed by atoms with Crippen LogP contribution in [0.4, 0.5) is 0 Å². The van der Waals surface area contributed by atoms with Crippen molar-refractivity contribution in [3.63, 3.8) is 0 Å². The van der Waals surface area contributed by atoms with E-state index >= 15 is 0 Å². The summed E-state index contributed by atoms with van der Waals surface area (Å²) in [6.07, 6.45) is 3.18. The third-order valence-corrected chi connectivity index (χ3v) is 3.16. The number of nitrogens with two attached hydrogens (primary N) is 1. The van der Waals surface area contributed by atoms with E-state index in [-0.39, 0.29) is 0 Å². The van der Waals surface area contributed by atoms with Crippen LogP contribution in [-0.2, 0) is 6.42 Å². The Morgan fingerprint density at radius 2 is 2.25 bits per heavy atom. The summed E-state index contributed by atoms with van der Waals surface area (Å²) < 4.78 is 5.68. The van der Waals surface area contributed by atoms with Crippen LogP contribution in [0.25, 0.3) is 11.1 Å². The number of halogens is 1. The lowest BCUT2D eigenvalue weighted by molar-refractivity contribution is 0.533. The van der Waals surface area contributed by atoms with Crippen molar-refractivity contribution in [1.82, 2.24) is 4.98 Å². The van der Waals surface area contributed by atoms with Gasteiger partial charge in [-0.05, 0) is 43.5 Å². The molecule has 0 radical (unpaired) electrons. The Labute approximate surface area is 98.6 Å². The van der Waals surface area contributed by atoms with Gasteiger partial charge in [0.2, 0.25) is 0 Å². The Bertz CT molecular complexity index is 531. The Balaban J connectivity index is 2.10. The fourth-order valence-electron chi connectivity index (χ4n) is 1.88. The molecule has 0 atom stereocenters. The van der Waals surface area contributed by atoms with E-state index in [0.717, 1.165) is 23.4 Å². The second-order valence-electron chi connectivity index (χ2n) is 4.29. The van der Waals surface area contributed by atoms with Gasteiger partial charge in [0.25, 0.3) is 0 Å². The number of benzene rings is 1. The topological polar surface area (TPSA) is 52.0 Å². The second-order valence-corrected chi connectivity index (χ2v) is 4.70. The van der Waals surface area contributed by atoms with Crippen molar-refractivity contribution >= 4 is 22.7 Å². The maximum absolute atomic E-state index is 6.16. The summed E-state index contributed by atoms with van der Waals surface area (Å²) >= 11 is 6.16. The van der Waals surface area contributed by atoms with E-state index in [4.69, 9.17) is 21.8 Å². The largest absolute Gasteiger partial charge is 0.439 e. The smallest absolute Gasteiger partial charge is 0.198 e. The van der Waals surface area contributed by atoms with Gasteiger partial charge in [-0.1, -0.05) is 11.6 Å². The summed E-state index contributed by atoms with van der Waals surface area (Å²) in [6.45, 7) is 0.620. The van der Waals surface area contributed by atoms with E-state index in [9.17, 15) is 0 Å². The molecule has 1 saturated carbocycles. The lowest BCUT2D eigenvalue weighted by Crippen LogP contribution is -2.02. The molecule has 1 fully saturated rings. The van der Waals surface area contributed by atoms with E-state index < -0.39 is 0 Å². The first kappa shape index (κ1) is 10.1. The van der Waals surface area contributed by atoms with Gasteiger partial charge in [0.05, 0.1) is 5.02 Å². The van der Waals surface area contributed by atoms with E-state index in [0.29, 0.717) is 23.1 Å². The van der Waals surface area contributed by atoms with Crippen LogP contribution in [0.5, 0.6) is 0 Å². The molecule has 1 heterocycles. The summed E-state index contributed by atoms with van der Waals surface area (Å²) in [6, 6.07) is 3.93. The molecule has 1 aliphatic carbocycles. The molecule has 0 saturated heterocycles. The lowest BCUT2D eigenvalue weighted by atomic mass is 10.1. The molecule has 3 nitrogen and oxygen atoms in total. The van der Waals surface area contributed by atoms with Gasteiger partial charge in [-0.2, -0.15) is 0 Å². The first-order valence-corrected chi connectivity index (χ1v) is 5.94. The van der Waals surface area contributed by atoms with Crippen LogP contribution < -0.4 is 5.73 Å². The fraction of sp³-hybridized carbons (Fsp3) is 0.417. The van der Waals surface area contributed by atoms with Gasteiger partial charge in [0.15, 0.2) is 11.5 Å². The number of rotatable bonds is 3. The summed E-state index contributed by atoms with van der Waals surface area (Å²) in [5.41, 5.74) is 8.22. The lowest BCUT2D eigenvalue weighted by Gasteiger charge is -1.98. The minimum atomic E-state index is 0.515. The maximum atomic E-state index is 6.16. The molecule has 0 amide bonds. The van der Waals surface area contributed by atoms with Gasteiger partial charge < -0.3 is 10.2 Å². The Morgan fingerprint density at radius 3 is 2.94 bits per heavy atom. The molecule has 0 bridgehead atoms. The van der Waals surface area contributed by atoms with Crippen LogP contribution in [0.3, 0.4) is 0 Å². The van der Waals surface area contributed by atoms with E-state index in [1.54, 1.807) is 0 Å². The van der Waals surface area contributed by atoms with Crippen LogP contribution in [0.15, 0.2) is 16.5 Å². The number of hydrogen-bond acceptors (Lipinski definition) is 3. The van der Waals surface area contributed by atoms with Crippen molar-refractivity contribution in [3.8, 4) is 0 Å². The van der Waals surface area contributed by atoms with Crippen LogP contribution in [0, 0.1) is 0 Å². The van der Waals surface area contributed by atoms with Crippen molar-refractivity contribution in [2.24, 2.45) is 5.73 Å². The minimum Gasteiger partial charge on any atom is -0.439 e. The number of fused-ring (bicyclic) bond motifs is 1. The normalized spacial score (nSPS) is 15.9. The van der Waals surface area contributed by atoms with Gasteiger partial charge in [-0.25, -0.2) is 4.98 Å². The van der Waals surface area contributed by atoms with Crippen molar-refractivity contribution in [3.05, 3.63) is 28.6 Å². The number of nitrogens with zero attached hydrogens (tertiary/aromatic N) is 1. The van der Waals surface area contributed by atoms with Crippen LogP contribution in [0.1, 0.15) is 30.2 Å².